The third kappa shape index (κ3) is 4.25. The first-order chi connectivity index (χ1) is 7.59. The molecule has 16 heavy (non-hydrogen) atoms. The number of hydrogen-bond acceptors (Lipinski definition) is 3. The summed E-state index contributed by atoms with van der Waals surface area (Å²) in [4.78, 5) is 21.3. The average molecular weight is 222 g/mol. The lowest BCUT2D eigenvalue weighted by atomic mass is 10.3. The van der Waals surface area contributed by atoms with Gasteiger partial charge in [0.15, 0.2) is 0 Å². The summed E-state index contributed by atoms with van der Waals surface area (Å²) in [6.45, 7) is 4.51. The lowest BCUT2D eigenvalue weighted by Gasteiger charge is -2.19. The van der Waals surface area contributed by atoms with Crippen LogP contribution in [-0.4, -0.2) is 40.5 Å². The van der Waals surface area contributed by atoms with Crippen LogP contribution < -0.4 is 5.32 Å². The van der Waals surface area contributed by atoms with Crippen LogP contribution in [-0.2, 0) is 6.42 Å². The maximum absolute atomic E-state index is 11.6. The summed E-state index contributed by atoms with van der Waals surface area (Å²) in [6, 6.07) is 0.102. The molecule has 0 unspecified atom stereocenters. The SMILES string of the molecule is CC(C)NC(=O)N(C)CCc1cnccn1. The number of likely N-dealkylation sites (N-methyl/N-ethyl adjacent to an activating group) is 1. The highest BCUT2D eigenvalue weighted by atomic mass is 16.2. The maximum Gasteiger partial charge on any atom is 0.317 e. The van der Waals surface area contributed by atoms with Gasteiger partial charge in [-0.2, -0.15) is 0 Å². The molecule has 0 aromatic carbocycles. The number of aromatic nitrogens is 2. The van der Waals surface area contributed by atoms with Gasteiger partial charge in [-0.05, 0) is 13.8 Å². The van der Waals surface area contributed by atoms with Gasteiger partial charge in [0.05, 0.1) is 5.69 Å². The number of urea groups is 1. The number of carbonyl (C=O) groups excluding carboxylic acids is 1. The van der Waals surface area contributed by atoms with E-state index in [9.17, 15) is 4.79 Å². The summed E-state index contributed by atoms with van der Waals surface area (Å²) in [5.41, 5.74) is 0.895. The molecule has 0 spiro atoms. The second kappa shape index (κ2) is 6.05. The van der Waals surface area contributed by atoms with E-state index in [0.29, 0.717) is 6.54 Å². The molecule has 0 radical (unpaired) electrons. The van der Waals surface area contributed by atoms with E-state index >= 15 is 0 Å². The zero-order chi connectivity index (χ0) is 12.0. The Morgan fingerprint density at radius 3 is 2.81 bits per heavy atom. The van der Waals surface area contributed by atoms with E-state index in [1.165, 1.54) is 0 Å². The van der Waals surface area contributed by atoms with Crippen LogP contribution in [0.3, 0.4) is 0 Å². The van der Waals surface area contributed by atoms with Crippen molar-refractivity contribution in [2.45, 2.75) is 26.3 Å². The standard InChI is InChI=1S/C11H18N4O/c1-9(2)14-11(16)15(3)7-4-10-8-12-5-6-13-10/h5-6,8-9H,4,7H2,1-3H3,(H,14,16). The first-order valence-corrected chi connectivity index (χ1v) is 5.36. The molecule has 0 fully saturated rings. The highest BCUT2D eigenvalue weighted by Crippen LogP contribution is 1.95. The van der Waals surface area contributed by atoms with Crippen molar-refractivity contribution in [3.8, 4) is 0 Å². The lowest BCUT2D eigenvalue weighted by Crippen LogP contribution is -2.41. The molecule has 0 aliphatic carbocycles. The predicted octanol–water partition coefficient (Wildman–Crippen LogP) is 1.07. The average Bonchev–Trinajstić information content (AvgIpc) is 2.26. The quantitative estimate of drug-likeness (QED) is 0.829. The number of rotatable bonds is 4. The van der Waals surface area contributed by atoms with Gasteiger partial charge < -0.3 is 10.2 Å². The molecular formula is C11H18N4O. The van der Waals surface area contributed by atoms with Gasteiger partial charge in [-0.15, -0.1) is 0 Å². The third-order valence-corrected chi connectivity index (χ3v) is 2.08. The molecule has 1 aromatic heterocycles. The second-order valence-electron chi connectivity index (χ2n) is 3.97. The Labute approximate surface area is 95.9 Å². The van der Waals surface area contributed by atoms with Gasteiger partial charge in [0.2, 0.25) is 0 Å². The van der Waals surface area contributed by atoms with Crippen molar-refractivity contribution in [3.63, 3.8) is 0 Å². The minimum absolute atomic E-state index is 0.0566. The zero-order valence-corrected chi connectivity index (χ0v) is 9.97. The highest BCUT2D eigenvalue weighted by Gasteiger charge is 2.09. The second-order valence-corrected chi connectivity index (χ2v) is 3.97. The van der Waals surface area contributed by atoms with Crippen molar-refractivity contribution in [1.82, 2.24) is 20.2 Å². The van der Waals surface area contributed by atoms with Crippen LogP contribution in [0.2, 0.25) is 0 Å². The molecule has 1 heterocycles. The van der Waals surface area contributed by atoms with E-state index in [4.69, 9.17) is 0 Å². The molecule has 1 rings (SSSR count). The smallest absolute Gasteiger partial charge is 0.317 e. The molecule has 0 aliphatic rings. The van der Waals surface area contributed by atoms with E-state index in [1.54, 1.807) is 30.5 Å². The van der Waals surface area contributed by atoms with Crippen LogP contribution in [0.1, 0.15) is 19.5 Å². The van der Waals surface area contributed by atoms with Gasteiger partial charge in [-0.25, -0.2) is 4.79 Å². The Morgan fingerprint density at radius 2 is 2.25 bits per heavy atom. The van der Waals surface area contributed by atoms with E-state index in [0.717, 1.165) is 12.1 Å². The van der Waals surface area contributed by atoms with Gasteiger partial charge in [0, 0.05) is 44.6 Å². The molecule has 1 N–H and O–H groups in total. The first kappa shape index (κ1) is 12.4. The zero-order valence-electron chi connectivity index (χ0n) is 9.97. The fourth-order valence-corrected chi connectivity index (χ4v) is 1.20. The predicted molar refractivity (Wildman–Crippen MR) is 62.0 cm³/mol. The molecule has 0 atom stereocenters. The molecule has 0 aliphatic heterocycles. The summed E-state index contributed by atoms with van der Waals surface area (Å²) in [6.07, 6.45) is 5.73. The first-order valence-electron chi connectivity index (χ1n) is 5.36. The van der Waals surface area contributed by atoms with E-state index in [1.807, 2.05) is 13.8 Å². The minimum Gasteiger partial charge on any atom is -0.336 e. The molecule has 0 saturated carbocycles. The highest BCUT2D eigenvalue weighted by molar-refractivity contribution is 5.74. The van der Waals surface area contributed by atoms with Crippen molar-refractivity contribution in [1.29, 1.82) is 0 Å². The molecule has 2 amide bonds. The van der Waals surface area contributed by atoms with Gasteiger partial charge in [-0.3, -0.25) is 9.97 Å². The Kier molecular flexibility index (Phi) is 4.69. The van der Waals surface area contributed by atoms with Crippen molar-refractivity contribution in [3.05, 3.63) is 24.3 Å². The normalized spacial score (nSPS) is 10.2. The summed E-state index contributed by atoms with van der Waals surface area (Å²) in [5, 5.41) is 2.83. The minimum atomic E-state index is -0.0566. The summed E-state index contributed by atoms with van der Waals surface area (Å²) in [7, 11) is 1.77. The van der Waals surface area contributed by atoms with E-state index < -0.39 is 0 Å². The van der Waals surface area contributed by atoms with Gasteiger partial charge in [0.25, 0.3) is 0 Å². The summed E-state index contributed by atoms with van der Waals surface area (Å²) in [5.74, 6) is 0. The Hall–Kier alpha value is -1.65. The third-order valence-electron chi connectivity index (χ3n) is 2.08. The Bertz CT molecular complexity index is 326. The molecule has 0 saturated heterocycles. The summed E-state index contributed by atoms with van der Waals surface area (Å²) < 4.78 is 0. The molecule has 5 nitrogen and oxygen atoms in total. The van der Waals surface area contributed by atoms with Crippen molar-refractivity contribution >= 4 is 6.03 Å². The molecule has 88 valence electrons. The van der Waals surface area contributed by atoms with Crippen LogP contribution >= 0.6 is 0 Å². The van der Waals surface area contributed by atoms with Gasteiger partial charge in [0.1, 0.15) is 0 Å². The van der Waals surface area contributed by atoms with Crippen LogP contribution in [0, 0.1) is 0 Å². The number of carbonyl (C=O) groups is 1. The maximum atomic E-state index is 11.6. The van der Waals surface area contributed by atoms with Crippen molar-refractivity contribution < 1.29 is 4.79 Å². The Morgan fingerprint density at radius 1 is 1.50 bits per heavy atom. The number of hydrogen-bond donors (Lipinski definition) is 1. The van der Waals surface area contributed by atoms with Gasteiger partial charge in [-0.1, -0.05) is 0 Å². The van der Waals surface area contributed by atoms with Crippen LogP contribution in [0.25, 0.3) is 0 Å². The molecule has 0 bridgehead atoms. The molecule has 1 aromatic rings. The van der Waals surface area contributed by atoms with E-state index in [2.05, 4.69) is 15.3 Å². The van der Waals surface area contributed by atoms with E-state index in [-0.39, 0.29) is 12.1 Å². The topological polar surface area (TPSA) is 58.1 Å². The Balaban J connectivity index is 2.35. The fraction of sp³-hybridized carbons (Fsp3) is 0.545. The van der Waals surface area contributed by atoms with Crippen molar-refractivity contribution in [2.24, 2.45) is 0 Å². The number of amides is 2. The number of nitrogens with one attached hydrogen (secondary N) is 1. The summed E-state index contributed by atoms with van der Waals surface area (Å²) >= 11 is 0. The fourth-order valence-electron chi connectivity index (χ4n) is 1.20. The van der Waals surface area contributed by atoms with Crippen molar-refractivity contribution in [2.75, 3.05) is 13.6 Å². The lowest BCUT2D eigenvalue weighted by molar-refractivity contribution is 0.206. The van der Waals surface area contributed by atoms with Crippen LogP contribution in [0.4, 0.5) is 4.79 Å². The van der Waals surface area contributed by atoms with Crippen LogP contribution in [0.5, 0.6) is 0 Å². The van der Waals surface area contributed by atoms with Crippen LogP contribution in [0.15, 0.2) is 18.6 Å². The molecular weight excluding hydrogens is 204 g/mol. The number of nitrogens with zero attached hydrogens (tertiary/aromatic N) is 3. The monoisotopic (exact) mass is 222 g/mol. The largest absolute Gasteiger partial charge is 0.336 e. The van der Waals surface area contributed by atoms with Gasteiger partial charge >= 0.3 is 6.03 Å². The molecule has 5 heteroatoms.